The molecule has 0 bridgehead atoms. The zero-order valence-corrected chi connectivity index (χ0v) is 18.0. The second kappa shape index (κ2) is 8.12. The Hall–Kier alpha value is -1.84. The summed E-state index contributed by atoms with van der Waals surface area (Å²) in [6, 6.07) is 11.2. The fraction of sp³-hybridized carbons (Fsp3) is 0.350. The van der Waals surface area contributed by atoms with Crippen molar-refractivity contribution in [2.45, 2.75) is 29.4 Å². The number of aromatic nitrogens is 3. The van der Waals surface area contributed by atoms with Gasteiger partial charge in [0, 0.05) is 23.9 Å². The van der Waals surface area contributed by atoms with Gasteiger partial charge in [0.15, 0.2) is 11.0 Å². The van der Waals surface area contributed by atoms with Crippen molar-refractivity contribution in [2.24, 2.45) is 0 Å². The number of hydrogen-bond donors (Lipinski definition) is 0. The van der Waals surface area contributed by atoms with E-state index in [1.165, 1.54) is 17.8 Å². The molecule has 1 amide bonds. The molecule has 1 aromatic carbocycles. The maximum absolute atomic E-state index is 14.2. The van der Waals surface area contributed by atoms with Gasteiger partial charge in [-0.1, -0.05) is 36.0 Å². The number of carbonyl (C=O) groups is 1. The zero-order chi connectivity index (χ0) is 19.8. The van der Waals surface area contributed by atoms with Crippen LogP contribution in [-0.2, 0) is 4.79 Å². The number of thiophene rings is 1. The van der Waals surface area contributed by atoms with Crippen molar-refractivity contribution in [1.82, 2.24) is 19.7 Å². The highest BCUT2D eigenvalue weighted by Gasteiger charge is 2.34. The molecular weight excluding hydrogens is 427 g/mol. The van der Waals surface area contributed by atoms with Crippen molar-refractivity contribution in [3.63, 3.8) is 0 Å². The average Bonchev–Trinajstić information content (AvgIpc) is 3.16. The number of hydrogen-bond acceptors (Lipinski definition) is 6. The lowest BCUT2D eigenvalue weighted by Crippen LogP contribution is -2.32. The van der Waals surface area contributed by atoms with Crippen LogP contribution >= 0.6 is 34.9 Å². The van der Waals surface area contributed by atoms with Crippen LogP contribution in [0.5, 0.6) is 0 Å². The van der Waals surface area contributed by atoms with Crippen LogP contribution in [0.15, 0.2) is 46.9 Å². The number of halogens is 1. The standard InChI is InChI=1S/C20H19FN4OS3/c21-15-5-2-1-4-14(15)19-24(9-11-28-19)17(26)12-29-20-23-22-18(16-6-3-10-27-16)25(20)13-7-8-13/h1-6,10,13,19H,7-9,11-12H2/t19-/m1/s1. The van der Waals surface area contributed by atoms with Crippen LogP contribution in [0.2, 0.25) is 0 Å². The number of carbonyl (C=O) groups excluding carboxylic acids is 1. The lowest BCUT2D eigenvalue weighted by molar-refractivity contribution is -0.128. The molecule has 1 aliphatic carbocycles. The summed E-state index contributed by atoms with van der Waals surface area (Å²) in [7, 11) is 0. The quantitative estimate of drug-likeness (QED) is 0.507. The Morgan fingerprint density at radius 1 is 1.21 bits per heavy atom. The fourth-order valence-corrected chi connectivity index (χ4v) is 6.37. The van der Waals surface area contributed by atoms with Crippen molar-refractivity contribution < 1.29 is 9.18 Å². The van der Waals surface area contributed by atoms with E-state index in [4.69, 9.17) is 0 Å². The van der Waals surface area contributed by atoms with E-state index < -0.39 is 0 Å². The lowest BCUT2D eigenvalue weighted by Gasteiger charge is -2.24. The number of rotatable bonds is 6. The highest BCUT2D eigenvalue weighted by atomic mass is 32.2. The van der Waals surface area contributed by atoms with E-state index >= 15 is 0 Å². The Labute approximate surface area is 180 Å². The second-order valence-electron chi connectivity index (χ2n) is 7.01. The summed E-state index contributed by atoms with van der Waals surface area (Å²) in [5, 5.41) is 11.3. The minimum absolute atomic E-state index is 0.0104. The smallest absolute Gasteiger partial charge is 0.234 e. The number of benzene rings is 1. The maximum Gasteiger partial charge on any atom is 0.234 e. The first-order valence-corrected chi connectivity index (χ1v) is 12.4. The molecule has 150 valence electrons. The fourth-order valence-electron chi connectivity index (χ4n) is 3.48. The molecule has 9 heteroatoms. The maximum atomic E-state index is 14.2. The van der Waals surface area contributed by atoms with Gasteiger partial charge in [0.25, 0.3) is 0 Å². The van der Waals surface area contributed by atoms with Gasteiger partial charge >= 0.3 is 0 Å². The molecule has 2 aliphatic rings. The summed E-state index contributed by atoms with van der Waals surface area (Å²) in [5.41, 5.74) is 0.578. The summed E-state index contributed by atoms with van der Waals surface area (Å²) < 4.78 is 16.4. The van der Waals surface area contributed by atoms with Crippen molar-refractivity contribution in [3.05, 3.63) is 53.2 Å². The first kappa shape index (κ1) is 19.1. The van der Waals surface area contributed by atoms with Gasteiger partial charge in [0.2, 0.25) is 5.91 Å². The van der Waals surface area contributed by atoms with E-state index in [9.17, 15) is 9.18 Å². The molecule has 1 saturated carbocycles. The van der Waals surface area contributed by atoms with E-state index in [1.54, 1.807) is 40.1 Å². The molecule has 2 fully saturated rings. The zero-order valence-electron chi connectivity index (χ0n) is 15.5. The van der Waals surface area contributed by atoms with Crippen molar-refractivity contribution in [3.8, 4) is 10.7 Å². The van der Waals surface area contributed by atoms with Crippen LogP contribution in [0, 0.1) is 5.82 Å². The van der Waals surface area contributed by atoms with E-state index in [-0.39, 0.29) is 22.9 Å². The Morgan fingerprint density at radius 2 is 2.07 bits per heavy atom. The van der Waals surface area contributed by atoms with Crippen LogP contribution in [0.25, 0.3) is 10.7 Å². The molecule has 5 nitrogen and oxygen atoms in total. The molecule has 0 unspecified atom stereocenters. The van der Waals surface area contributed by atoms with Gasteiger partial charge in [0.05, 0.1) is 10.6 Å². The molecule has 0 N–H and O–H groups in total. The summed E-state index contributed by atoms with van der Waals surface area (Å²) in [4.78, 5) is 15.8. The van der Waals surface area contributed by atoms with Gasteiger partial charge in [-0.05, 0) is 30.4 Å². The second-order valence-corrected chi connectivity index (χ2v) is 10.1. The largest absolute Gasteiger partial charge is 0.325 e. The lowest BCUT2D eigenvalue weighted by atomic mass is 10.2. The van der Waals surface area contributed by atoms with Gasteiger partial charge in [-0.25, -0.2) is 4.39 Å². The van der Waals surface area contributed by atoms with E-state index in [1.807, 2.05) is 23.6 Å². The van der Waals surface area contributed by atoms with Gasteiger partial charge in [-0.15, -0.1) is 33.3 Å². The number of amides is 1. The molecule has 1 aliphatic heterocycles. The summed E-state index contributed by atoms with van der Waals surface area (Å²) in [5.74, 6) is 1.73. The molecule has 3 heterocycles. The average molecular weight is 447 g/mol. The van der Waals surface area contributed by atoms with E-state index in [0.29, 0.717) is 18.2 Å². The first-order valence-electron chi connectivity index (χ1n) is 9.49. The summed E-state index contributed by atoms with van der Waals surface area (Å²) in [6.07, 6.45) is 2.24. The molecule has 0 radical (unpaired) electrons. The Morgan fingerprint density at radius 3 is 2.83 bits per heavy atom. The van der Waals surface area contributed by atoms with Crippen LogP contribution in [0.1, 0.15) is 29.8 Å². The summed E-state index contributed by atoms with van der Waals surface area (Å²) >= 11 is 4.69. The van der Waals surface area contributed by atoms with E-state index in [0.717, 1.165) is 34.5 Å². The normalized spacial score (nSPS) is 19.1. The van der Waals surface area contributed by atoms with Crippen molar-refractivity contribution >= 4 is 40.8 Å². The molecule has 1 saturated heterocycles. The molecule has 1 atom stereocenters. The van der Waals surface area contributed by atoms with Crippen LogP contribution in [0.3, 0.4) is 0 Å². The van der Waals surface area contributed by atoms with Crippen molar-refractivity contribution in [1.29, 1.82) is 0 Å². The third-order valence-corrected chi connectivity index (χ3v) is 8.06. The van der Waals surface area contributed by atoms with E-state index in [2.05, 4.69) is 14.8 Å². The van der Waals surface area contributed by atoms with Crippen molar-refractivity contribution in [2.75, 3.05) is 18.1 Å². The number of thioether (sulfide) groups is 2. The first-order chi connectivity index (χ1) is 14.2. The highest BCUT2D eigenvalue weighted by molar-refractivity contribution is 8.00. The monoisotopic (exact) mass is 446 g/mol. The van der Waals surface area contributed by atoms with Crippen LogP contribution in [0.4, 0.5) is 4.39 Å². The third-order valence-electron chi connectivity index (χ3n) is 5.03. The van der Waals surface area contributed by atoms with Crippen LogP contribution < -0.4 is 0 Å². The molecular formula is C20H19FN4OS3. The van der Waals surface area contributed by atoms with Gasteiger partial charge in [0.1, 0.15) is 11.2 Å². The van der Waals surface area contributed by atoms with Gasteiger partial charge in [-0.2, -0.15) is 0 Å². The predicted octanol–water partition coefficient (Wildman–Crippen LogP) is 4.85. The van der Waals surface area contributed by atoms with Crippen LogP contribution in [-0.4, -0.2) is 43.6 Å². The minimum Gasteiger partial charge on any atom is -0.325 e. The SMILES string of the molecule is O=C(CSc1nnc(-c2cccs2)n1C1CC1)N1CCS[C@@H]1c1ccccc1F. The third kappa shape index (κ3) is 3.83. The topological polar surface area (TPSA) is 51.0 Å². The summed E-state index contributed by atoms with van der Waals surface area (Å²) in [6.45, 7) is 0.638. The number of nitrogens with zero attached hydrogens (tertiary/aromatic N) is 4. The van der Waals surface area contributed by atoms with Gasteiger partial charge < -0.3 is 4.90 Å². The molecule has 29 heavy (non-hydrogen) atoms. The predicted molar refractivity (Wildman–Crippen MR) is 116 cm³/mol. The molecule has 3 aromatic rings. The molecule has 5 rings (SSSR count). The molecule has 0 spiro atoms. The minimum atomic E-state index is -0.258. The Kier molecular flexibility index (Phi) is 5.36. The Balaban J connectivity index is 1.32. The molecule has 2 aromatic heterocycles. The highest BCUT2D eigenvalue weighted by Crippen LogP contribution is 2.42. The Bertz CT molecular complexity index is 1020. The van der Waals surface area contributed by atoms with Gasteiger partial charge in [-0.3, -0.25) is 9.36 Å².